The Morgan fingerprint density at radius 1 is 1.00 bits per heavy atom. The van der Waals surface area contributed by atoms with Crippen LogP contribution in [-0.2, 0) is 9.59 Å². The second-order valence-corrected chi connectivity index (χ2v) is 6.39. The van der Waals surface area contributed by atoms with Gasteiger partial charge in [-0.15, -0.1) is 0 Å². The standard InChI is InChI=1S/C18H25N3O3/c22-17(7-6-16-5-4-14-24-16)21-12-10-19(11-13-21)15-18(23)20-8-2-1-3-9-20/h4-7,14H,1-3,8-13,15H2/b7-6+. The van der Waals surface area contributed by atoms with E-state index in [1.54, 1.807) is 24.5 Å². The Labute approximate surface area is 142 Å². The predicted octanol–water partition coefficient (Wildman–Crippen LogP) is 1.45. The van der Waals surface area contributed by atoms with Gasteiger partial charge in [0.2, 0.25) is 11.8 Å². The summed E-state index contributed by atoms with van der Waals surface area (Å²) in [6.45, 7) is 5.09. The number of amides is 2. The number of carbonyl (C=O) groups is 2. The first kappa shape index (κ1) is 16.8. The molecule has 0 aromatic carbocycles. The average Bonchev–Trinajstić information content (AvgIpc) is 3.14. The first-order valence-corrected chi connectivity index (χ1v) is 8.73. The molecule has 2 amide bonds. The molecular formula is C18H25N3O3. The molecular weight excluding hydrogens is 306 g/mol. The highest BCUT2D eigenvalue weighted by atomic mass is 16.3. The zero-order valence-electron chi connectivity index (χ0n) is 14.0. The minimum absolute atomic E-state index is 0.00610. The fraction of sp³-hybridized carbons (Fsp3) is 0.556. The highest BCUT2D eigenvalue weighted by Crippen LogP contribution is 2.10. The molecule has 3 rings (SSSR count). The summed E-state index contributed by atoms with van der Waals surface area (Å²) in [6, 6.07) is 3.61. The lowest BCUT2D eigenvalue weighted by Crippen LogP contribution is -2.51. The molecule has 0 saturated carbocycles. The van der Waals surface area contributed by atoms with E-state index in [1.807, 2.05) is 15.9 Å². The van der Waals surface area contributed by atoms with Crippen LogP contribution in [0.1, 0.15) is 25.0 Å². The van der Waals surface area contributed by atoms with E-state index in [1.165, 1.54) is 6.42 Å². The number of piperazine rings is 1. The summed E-state index contributed by atoms with van der Waals surface area (Å²) in [5.41, 5.74) is 0. The number of carbonyl (C=O) groups excluding carboxylic acids is 2. The topological polar surface area (TPSA) is 57.0 Å². The summed E-state index contributed by atoms with van der Waals surface area (Å²) >= 11 is 0. The molecule has 2 fully saturated rings. The third-order valence-corrected chi connectivity index (χ3v) is 4.68. The summed E-state index contributed by atoms with van der Waals surface area (Å²) in [7, 11) is 0. The lowest BCUT2D eigenvalue weighted by atomic mass is 10.1. The Kier molecular flexibility index (Phi) is 5.69. The highest BCUT2D eigenvalue weighted by molar-refractivity contribution is 5.91. The fourth-order valence-corrected chi connectivity index (χ4v) is 3.21. The second-order valence-electron chi connectivity index (χ2n) is 6.39. The monoisotopic (exact) mass is 331 g/mol. The Morgan fingerprint density at radius 2 is 1.75 bits per heavy atom. The SMILES string of the molecule is O=C(/C=C/c1ccco1)N1CCN(CC(=O)N2CCCCC2)CC1. The van der Waals surface area contributed by atoms with E-state index >= 15 is 0 Å². The molecule has 0 atom stereocenters. The lowest BCUT2D eigenvalue weighted by Gasteiger charge is -2.35. The molecule has 6 nitrogen and oxygen atoms in total. The van der Waals surface area contributed by atoms with Crippen molar-refractivity contribution in [3.8, 4) is 0 Å². The van der Waals surface area contributed by atoms with Crippen molar-refractivity contribution in [2.75, 3.05) is 45.8 Å². The first-order chi connectivity index (χ1) is 11.7. The molecule has 130 valence electrons. The molecule has 6 heteroatoms. The van der Waals surface area contributed by atoms with E-state index in [-0.39, 0.29) is 11.8 Å². The maximum absolute atomic E-state index is 12.3. The van der Waals surface area contributed by atoms with Crippen LogP contribution in [0.2, 0.25) is 0 Å². The third-order valence-electron chi connectivity index (χ3n) is 4.68. The van der Waals surface area contributed by atoms with Crippen LogP contribution in [0.25, 0.3) is 6.08 Å². The number of hydrogen-bond acceptors (Lipinski definition) is 4. The van der Waals surface area contributed by atoms with Crippen molar-refractivity contribution in [1.82, 2.24) is 14.7 Å². The molecule has 24 heavy (non-hydrogen) atoms. The minimum Gasteiger partial charge on any atom is -0.465 e. The Balaban J connectivity index is 1.42. The van der Waals surface area contributed by atoms with Gasteiger partial charge in [0.05, 0.1) is 12.8 Å². The number of nitrogens with zero attached hydrogens (tertiary/aromatic N) is 3. The number of furan rings is 1. The van der Waals surface area contributed by atoms with E-state index in [2.05, 4.69) is 4.90 Å². The molecule has 0 spiro atoms. The van der Waals surface area contributed by atoms with Gasteiger partial charge in [0.15, 0.2) is 0 Å². The zero-order valence-corrected chi connectivity index (χ0v) is 14.0. The summed E-state index contributed by atoms with van der Waals surface area (Å²) < 4.78 is 5.18. The van der Waals surface area contributed by atoms with Crippen molar-refractivity contribution in [3.63, 3.8) is 0 Å². The van der Waals surface area contributed by atoms with E-state index < -0.39 is 0 Å². The summed E-state index contributed by atoms with van der Waals surface area (Å²) in [5, 5.41) is 0. The van der Waals surface area contributed by atoms with Crippen molar-refractivity contribution < 1.29 is 14.0 Å². The summed E-state index contributed by atoms with van der Waals surface area (Å²) in [4.78, 5) is 30.4. The van der Waals surface area contributed by atoms with Crippen LogP contribution in [0, 0.1) is 0 Å². The molecule has 1 aromatic heterocycles. The number of hydrogen-bond donors (Lipinski definition) is 0. The Hall–Kier alpha value is -2.08. The lowest BCUT2D eigenvalue weighted by molar-refractivity contribution is -0.134. The van der Waals surface area contributed by atoms with Gasteiger partial charge in [0, 0.05) is 45.3 Å². The van der Waals surface area contributed by atoms with Crippen molar-refractivity contribution in [3.05, 3.63) is 30.2 Å². The van der Waals surface area contributed by atoms with Crippen molar-refractivity contribution in [2.24, 2.45) is 0 Å². The smallest absolute Gasteiger partial charge is 0.246 e. The van der Waals surface area contributed by atoms with Gasteiger partial charge < -0.3 is 14.2 Å². The predicted molar refractivity (Wildman–Crippen MR) is 91.2 cm³/mol. The maximum Gasteiger partial charge on any atom is 0.246 e. The zero-order chi connectivity index (χ0) is 16.8. The van der Waals surface area contributed by atoms with Crippen LogP contribution in [0.3, 0.4) is 0 Å². The van der Waals surface area contributed by atoms with Gasteiger partial charge in [-0.1, -0.05) is 0 Å². The fourth-order valence-electron chi connectivity index (χ4n) is 3.21. The van der Waals surface area contributed by atoms with Gasteiger partial charge in [-0.2, -0.15) is 0 Å². The van der Waals surface area contributed by atoms with Crippen molar-refractivity contribution >= 4 is 17.9 Å². The van der Waals surface area contributed by atoms with E-state index in [0.29, 0.717) is 25.4 Å². The van der Waals surface area contributed by atoms with Crippen LogP contribution in [0.15, 0.2) is 28.9 Å². The molecule has 0 bridgehead atoms. The Bertz CT molecular complexity index is 568. The molecule has 0 aliphatic carbocycles. The summed E-state index contributed by atoms with van der Waals surface area (Å²) in [5.74, 6) is 0.898. The molecule has 2 saturated heterocycles. The second kappa shape index (κ2) is 8.15. The Morgan fingerprint density at radius 3 is 2.42 bits per heavy atom. The highest BCUT2D eigenvalue weighted by Gasteiger charge is 2.23. The van der Waals surface area contributed by atoms with E-state index in [9.17, 15) is 9.59 Å². The molecule has 2 aliphatic rings. The summed E-state index contributed by atoms with van der Waals surface area (Å²) in [6.07, 6.45) is 8.30. The van der Waals surface area contributed by atoms with Gasteiger partial charge in [-0.05, 0) is 37.5 Å². The van der Waals surface area contributed by atoms with E-state index in [4.69, 9.17) is 4.42 Å². The van der Waals surface area contributed by atoms with Gasteiger partial charge >= 0.3 is 0 Å². The van der Waals surface area contributed by atoms with Gasteiger partial charge in [0.1, 0.15) is 5.76 Å². The third kappa shape index (κ3) is 4.47. The van der Waals surface area contributed by atoms with Gasteiger partial charge in [0.25, 0.3) is 0 Å². The number of rotatable bonds is 4. The molecule has 0 unspecified atom stereocenters. The van der Waals surface area contributed by atoms with Crippen LogP contribution in [-0.4, -0.2) is 72.3 Å². The largest absolute Gasteiger partial charge is 0.465 e. The van der Waals surface area contributed by atoms with Crippen LogP contribution in [0.4, 0.5) is 0 Å². The number of piperidine rings is 1. The molecule has 0 radical (unpaired) electrons. The van der Waals surface area contributed by atoms with Crippen molar-refractivity contribution in [2.45, 2.75) is 19.3 Å². The molecule has 3 heterocycles. The van der Waals surface area contributed by atoms with Crippen LogP contribution in [0.5, 0.6) is 0 Å². The number of likely N-dealkylation sites (tertiary alicyclic amines) is 1. The van der Waals surface area contributed by atoms with E-state index in [0.717, 1.165) is 39.0 Å². The van der Waals surface area contributed by atoms with Gasteiger partial charge in [-0.25, -0.2) is 0 Å². The molecule has 2 aliphatic heterocycles. The van der Waals surface area contributed by atoms with Crippen LogP contribution >= 0.6 is 0 Å². The normalized spacial score (nSPS) is 19.8. The minimum atomic E-state index is -0.00610. The molecule has 0 N–H and O–H groups in total. The quantitative estimate of drug-likeness (QED) is 0.784. The van der Waals surface area contributed by atoms with Crippen molar-refractivity contribution in [1.29, 1.82) is 0 Å². The maximum atomic E-state index is 12.3. The van der Waals surface area contributed by atoms with Gasteiger partial charge in [-0.3, -0.25) is 14.5 Å². The van der Waals surface area contributed by atoms with Crippen LogP contribution < -0.4 is 0 Å². The average molecular weight is 331 g/mol. The first-order valence-electron chi connectivity index (χ1n) is 8.73. The molecule has 1 aromatic rings.